The second kappa shape index (κ2) is 9.16. The minimum Gasteiger partial charge on any atom is -0.352 e. The Bertz CT molecular complexity index is 616. The molecule has 146 valence electrons. The van der Waals surface area contributed by atoms with Gasteiger partial charge in [-0.1, -0.05) is 13.8 Å². The summed E-state index contributed by atoms with van der Waals surface area (Å²) in [6, 6.07) is -1.64. The molecule has 9 heteroatoms. The third kappa shape index (κ3) is 6.12. The Hall–Kier alpha value is -1.90. The lowest BCUT2D eigenvalue weighted by Crippen LogP contribution is -2.54. The number of carbonyl (C=O) groups is 3. The molecule has 2 rings (SSSR count). The van der Waals surface area contributed by atoms with Crippen LogP contribution in [0.1, 0.15) is 39.5 Å². The van der Waals surface area contributed by atoms with Crippen LogP contribution in [-0.2, 0) is 20.4 Å². The quantitative estimate of drug-likeness (QED) is 0.473. The van der Waals surface area contributed by atoms with Crippen LogP contribution < -0.4 is 21.7 Å². The van der Waals surface area contributed by atoms with Crippen molar-refractivity contribution in [3.8, 4) is 0 Å². The van der Waals surface area contributed by atoms with E-state index in [1.807, 2.05) is 13.8 Å². The van der Waals surface area contributed by atoms with Crippen LogP contribution >= 0.6 is 0 Å². The maximum Gasteiger partial charge on any atom is 0.312 e. The summed E-state index contributed by atoms with van der Waals surface area (Å²) in [5, 5.41) is 9.75. The van der Waals surface area contributed by atoms with E-state index in [1.165, 1.54) is 5.41 Å². The van der Waals surface area contributed by atoms with Crippen LogP contribution in [0.15, 0.2) is 11.0 Å². The first kappa shape index (κ1) is 20.4. The zero-order chi connectivity index (χ0) is 19.3. The third-order valence-electron chi connectivity index (χ3n) is 4.61. The number of primary amides is 1. The molecule has 1 aliphatic heterocycles. The zero-order valence-electron chi connectivity index (χ0n) is 15.2. The SMILES string of the molecule is CC(C)[C@@H](NC(N)=O)C(=O)NCC(NC(=O)C1=CS(=O)CCC1)C1CC1. The number of nitrogens with two attached hydrogens (primary N) is 1. The number of hydrogen-bond acceptors (Lipinski definition) is 4. The topological polar surface area (TPSA) is 130 Å². The third-order valence-corrected chi connectivity index (χ3v) is 5.85. The van der Waals surface area contributed by atoms with Crippen molar-refractivity contribution in [3.63, 3.8) is 0 Å². The molecule has 3 atom stereocenters. The van der Waals surface area contributed by atoms with Gasteiger partial charge in [0.25, 0.3) is 0 Å². The molecule has 2 unspecified atom stereocenters. The summed E-state index contributed by atoms with van der Waals surface area (Å²) in [5.74, 6) is 0.286. The molecule has 8 nitrogen and oxygen atoms in total. The van der Waals surface area contributed by atoms with Gasteiger partial charge < -0.3 is 21.7 Å². The van der Waals surface area contributed by atoms with E-state index in [1.54, 1.807) is 0 Å². The highest BCUT2D eigenvalue weighted by Gasteiger charge is 2.34. The molecule has 2 aliphatic rings. The van der Waals surface area contributed by atoms with Crippen molar-refractivity contribution >= 4 is 28.6 Å². The Morgan fingerprint density at radius 3 is 2.50 bits per heavy atom. The van der Waals surface area contributed by atoms with Gasteiger partial charge in [-0.2, -0.15) is 0 Å². The minimum absolute atomic E-state index is 0.112. The minimum atomic E-state index is -1.07. The molecule has 0 aromatic rings. The lowest BCUT2D eigenvalue weighted by molar-refractivity contribution is -0.124. The van der Waals surface area contributed by atoms with Gasteiger partial charge in [-0.15, -0.1) is 0 Å². The largest absolute Gasteiger partial charge is 0.352 e. The van der Waals surface area contributed by atoms with E-state index < -0.39 is 22.9 Å². The molecular formula is C17H28N4O4S. The molecule has 5 N–H and O–H groups in total. The number of nitrogens with one attached hydrogen (secondary N) is 3. The summed E-state index contributed by atoms with van der Waals surface area (Å²) in [7, 11) is -1.07. The summed E-state index contributed by atoms with van der Waals surface area (Å²) in [6.07, 6.45) is 3.36. The number of amides is 4. The Kier molecular flexibility index (Phi) is 7.19. The van der Waals surface area contributed by atoms with Gasteiger partial charge in [0.05, 0.1) is 0 Å². The summed E-state index contributed by atoms with van der Waals surface area (Å²) in [4.78, 5) is 35.8. The smallest absolute Gasteiger partial charge is 0.312 e. The first-order valence-corrected chi connectivity index (χ1v) is 10.4. The fourth-order valence-electron chi connectivity index (χ4n) is 2.95. The van der Waals surface area contributed by atoms with Gasteiger partial charge in [0.2, 0.25) is 11.8 Å². The zero-order valence-corrected chi connectivity index (χ0v) is 16.1. The van der Waals surface area contributed by atoms with Gasteiger partial charge in [0, 0.05) is 40.1 Å². The van der Waals surface area contributed by atoms with Crippen molar-refractivity contribution in [2.45, 2.75) is 51.6 Å². The average Bonchev–Trinajstić information content (AvgIpc) is 3.40. The van der Waals surface area contributed by atoms with E-state index in [0.717, 1.165) is 19.3 Å². The lowest BCUT2D eigenvalue weighted by atomic mass is 10.0. The van der Waals surface area contributed by atoms with E-state index in [4.69, 9.17) is 5.73 Å². The Labute approximate surface area is 156 Å². The molecule has 0 aromatic heterocycles. The van der Waals surface area contributed by atoms with Gasteiger partial charge in [0.15, 0.2) is 0 Å². The Balaban J connectivity index is 1.92. The normalized spacial score (nSPS) is 22.1. The Morgan fingerprint density at radius 2 is 1.96 bits per heavy atom. The predicted octanol–water partition coefficient (Wildman–Crippen LogP) is 0.117. The van der Waals surface area contributed by atoms with Crippen molar-refractivity contribution in [3.05, 3.63) is 11.0 Å². The van der Waals surface area contributed by atoms with Crippen LogP contribution in [0, 0.1) is 11.8 Å². The summed E-state index contributed by atoms with van der Waals surface area (Å²) < 4.78 is 11.6. The van der Waals surface area contributed by atoms with Gasteiger partial charge in [-0.3, -0.25) is 13.8 Å². The second-order valence-corrected chi connectivity index (χ2v) is 8.63. The molecular weight excluding hydrogens is 356 g/mol. The molecule has 0 bridgehead atoms. The van der Waals surface area contributed by atoms with E-state index in [-0.39, 0.29) is 30.3 Å². The highest BCUT2D eigenvalue weighted by molar-refractivity contribution is 7.88. The highest BCUT2D eigenvalue weighted by Crippen LogP contribution is 2.32. The molecule has 4 amide bonds. The van der Waals surface area contributed by atoms with Gasteiger partial charge in [-0.05, 0) is 37.5 Å². The molecule has 26 heavy (non-hydrogen) atoms. The summed E-state index contributed by atoms with van der Waals surface area (Å²) in [5.41, 5.74) is 5.68. The monoisotopic (exact) mass is 384 g/mol. The maximum absolute atomic E-state index is 12.4. The van der Waals surface area contributed by atoms with Crippen LogP contribution in [0.4, 0.5) is 4.79 Å². The summed E-state index contributed by atoms with van der Waals surface area (Å²) in [6.45, 7) is 3.92. The van der Waals surface area contributed by atoms with Gasteiger partial charge in [-0.25, -0.2) is 4.79 Å². The lowest BCUT2D eigenvalue weighted by Gasteiger charge is -2.24. The van der Waals surface area contributed by atoms with Crippen LogP contribution in [0.25, 0.3) is 0 Å². The standard InChI is InChI=1S/C17H28N4O4S/c1-10(2)14(21-17(18)24)16(23)19-8-13(11-5-6-11)20-15(22)12-4-3-7-26(25)9-12/h9-11,13-14H,3-8H2,1-2H3,(H,19,23)(H,20,22)(H3,18,21,24)/t13?,14-,26?/m1/s1. The number of hydrogen-bond donors (Lipinski definition) is 4. The van der Waals surface area contributed by atoms with Crippen LogP contribution in [0.5, 0.6) is 0 Å². The first-order chi connectivity index (χ1) is 12.3. The van der Waals surface area contributed by atoms with Crippen molar-refractivity contribution in [2.75, 3.05) is 12.3 Å². The molecule has 1 fully saturated rings. The van der Waals surface area contributed by atoms with Crippen molar-refractivity contribution in [2.24, 2.45) is 17.6 Å². The van der Waals surface area contributed by atoms with Crippen LogP contribution in [0.3, 0.4) is 0 Å². The second-order valence-electron chi connectivity index (χ2n) is 7.22. The molecule has 0 spiro atoms. The van der Waals surface area contributed by atoms with E-state index in [9.17, 15) is 18.6 Å². The maximum atomic E-state index is 12.4. The molecule has 0 radical (unpaired) electrons. The molecule has 1 aliphatic carbocycles. The van der Waals surface area contributed by atoms with Crippen LogP contribution in [-0.4, -0.2) is 46.4 Å². The average molecular weight is 385 g/mol. The molecule has 0 aromatic carbocycles. The van der Waals surface area contributed by atoms with E-state index in [2.05, 4.69) is 16.0 Å². The number of urea groups is 1. The molecule has 1 saturated carbocycles. The predicted molar refractivity (Wildman–Crippen MR) is 99.3 cm³/mol. The fourth-order valence-corrected chi connectivity index (χ4v) is 4.04. The first-order valence-electron chi connectivity index (χ1n) is 9.00. The van der Waals surface area contributed by atoms with Crippen molar-refractivity contribution in [1.82, 2.24) is 16.0 Å². The number of carbonyl (C=O) groups excluding carboxylic acids is 3. The number of rotatable bonds is 8. The van der Waals surface area contributed by atoms with Crippen molar-refractivity contribution in [1.29, 1.82) is 0 Å². The van der Waals surface area contributed by atoms with Crippen LogP contribution in [0.2, 0.25) is 0 Å². The van der Waals surface area contributed by atoms with Crippen molar-refractivity contribution < 1.29 is 18.6 Å². The molecule has 1 heterocycles. The van der Waals surface area contributed by atoms with E-state index in [0.29, 0.717) is 23.7 Å². The summed E-state index contributed by atoms with van der Waals surface area (Å²) >= 11 is 0. The van der Waals surface area contributed by atoms with Gasteiger partial charge >= 0.3 is 6.03 Å². The van der Waals surface area contributed by atoms with E-state index >= 15 is 0 Å². The Morgan fingerprint density at radius 1 is 1.27 bits per heavy atom. The highest BCUT2D eigenvalue weighted by atomic mass is 32.2. The molecule has 0 saturated heterocycles. The van der Waals surface area contributed by atoms with Gasteiger partial charge in [0.1, 0.15) is 6.04 Å². The fraction of sp³-hybridized carbons (Fsp3) is 0.706.